The van der Waals surface area contributed by atoms with Crippen molar-refractivity contribution in [1.82, 2.24) is 9.97 Å². The van der Waals surface area contributed by atoms with Crippen LogP contribution in [0.1, 0.15) is 26.2 Å². The molecule has 0 radical (unpaired) electrons. The molecule has 3 nitrogen and oxygen atoms in total. The SMILES string of the molecule is CC(CC1CC1)Nc1ncncc1I. The maximum absolute atomic E-state index is 4.22. The van der Waals surface area contributed by atoms with Gasteiger partial charge in [0.25, 0.3) is 0 Å². The lowest BCUT2D eigenvalue weighted by Gasteiger charge is -2.14. The zero-order valence-corrected chi connectivity index (χ0v) is 10.4. The van der Waals surface area contributed by atoms with Gasteiger partial charge < -0.3 is 5.32 Å². The van der Waals surface area contributed by atoms with E-state index in [0.717, 1.165) is 15.3 Å². The van der Waals surface area contributed by atoms with E-state index in [1.807, 2.05) is 6.20 Å². The summed E-state index contributed by atoms with van der Waals surface area (Å²) in [6.45, 7) is 2.22. The maximum atomic E-state index is 4.22. The van der Waals surface area contributed by atoms with Crippen LogP contribution in [0.5, 0.6) is 0 Å². The Balaban J connectivity index is 1.91. The Morgan fingerprint density at radius 3 is 3.07 bits per heavy atom. The van der Waals surface area contributed by atoms with Crippen molar-refractivity contribution in [2.24, 2.45) is 5.92 Å². The van der Waals surface area contributed by atoms with E-state index in [9.17, 15) is 0 Å². The first-order valence-electron chi connectivity index (χ1n) is 4.97. The molecule has 4 heteroatoms. The number of hydrogen-bond acceptors (Lipinski definition) is 3. The summed E-state index contributed by atoms with van der Waals surface area (Å²) in [6, 6.07) is 0.519. The number of aromatic nitrogens is 2. The normalized spacial score (nSPS) is 17.9. The molecular weight excluding hydrogens is 289 g/mol. The van der Waals surface area contributed by atoms with E-state index in [4.69, 9.17) is 0 Å². The highest BCUT2D eigenvalue weighted by Crippen LogP contribution is 2.34. The third-order valence-electron chi connectivity index (χ3n) is 2.43. The second kappa shape index (κ2) is 4.42. The highest BCUT2D eigenvalue weighted by atomic mass is 127. The van der Waals surface area contributed by atoms with E-state index >= 15 is 0 Å². The molecule has 0 aliphatic heterocycles. The molecule has 1 aromatic rings. The van der Waals surface area contributed by atoms with Crippen LogP contribution < -0.4 is 5.32 Å². The standard InChI is InChI=1S/C10H14IN3/c1-7(4-8-2-3-8)14-10-9(11)5-12-6-13-10/h5-8H,2-4H2,1H3,(H,12,13,14). The maximum Gasteiger partial charge on any atom is 0.143 e. The van der Waals surface area contributed by atoms with Crippen molar-refractivity contribution in [1.29, 1.82) is 0 Å². The average Bonchev–Trinajstić information content (AvgIpc) is 2.93. The molecule has 0 aromatic carbocycles. The number of rotatable bonds is 4. The lowest BCUT2D eigenvalue weighted by Crippen LogP contribution is -2.17. The lowest BCUT2D eigenvalue weighted by molar-refractivity contribution is 0.639. The third kappa shape index (κ3) is 2.80. The minimum absolute atomic E-state index is 0.519. The van der Waals surface area contributed by atoms with Gasteiger partial charge in [0, 0.05) is 12.2 Å². The van der Waals surface area contributed by atoms with Crippen molar-refractivity contribution in [2.75, 3.05) is 5.32 Å². The van der Waals surface area contributed by atoms with Gasteiger partial charge in [0.2, 0.25) is 0 Å². The Morgan fingerprint density at radius 2 is 2.43 bits per heavy atom. The number of hydrogen-bond donors (Lipinski definition) is 1. The molecule has 0 spiro atoms. The van der Waals surface area contributed by atoms with Gasteiger partial charge in [-0.1, -0.05) is 12.8 Å². The second-order valence-electron chi connectivity index (χ2n) is 3.94. The average molecular weight is 303 g/mol. The summed E-state index contributed by atoms with van der Waals surface area (Å²) in [4.78, 5) is 8.18. The minimum Gasteiger partial charge on any atom is -0.367 e. The molecule has 0 saturated heterocycles. The highest BCUT2D eigenvalue weighted by molar-refractivity contribution is 14.1. The topological polar surface area (TPSA) is 37.8 Å². The monoisotopic (exact) mass is 303 g/mol. The molecule has 1 fully saturated rings. The van der Waals surface area contributed by atoms with Crippen molar-refractivity contribution in [3.05, 3.63) is 16.1 Å². The number of halogens is 1. The molecule has 76 valence electrons. The van der Waals surface area contributed by atoms with Gasteiger partial charge in [-0.25, -0.2) is 9.97 Å². The van der Waals surface area contributed by atoms with E-state index in [1.54, 1.807) is 6.33 Å². The third-order valence-corrected chi connectivity index (χ3v) is 3.22. The predicted octanol–water partition coefficient (Wildman–Crippen LogP) is 2.68. The molecule has 1 unspecified atom stereocenters. The first kappa shape index (κ1) is 10.1. The van der Waals surface area contributed by atoms with Crippen LogP contribution in [0.4, 0.5) is 5.82 Å². The quantitative estimate of drug-likeness (QED) is 0.869. The van der Waals surface area contributed by atoms with Gasteiger partial charge in [-0.05, 0) is 41.9 Å². The van der Waals surface area contributed by atoms with Gasteiger partial charge in [0.05, 0.1) is 3.57 Å². The summed E-state index contributed by atoms with van der Waals surface area (Å²) in [5.41, 5.74) is 0. The lowest BCUT2D eigenvalue weighted by atomic mass is 10.1. The molecule has 1 aromatic heterocycles. The molecule has 1 aliphatic carbocycles. The largest absolute Gasteiger partial charge is 0.367 e. The molecule has 1 atom stereocenters. The van der Waals surface area contributed by atoms with Crippen molar-refractivity contribution < 1.29 is 0 Å². The Labute approximate surface area is 97.9 Å². The van der Waals surface area contributed by atoms with E-state index in [1.165, 1.54) is 19.3 Å². The van der Waals surface area contributed by atoms with Gasteiger partial charge in [-0.2, -0.15) is 0 Å². The fraction of sp³-hybridized carbons (Fsp3) is 0.600. The van der Waals surface area contributed by atoms with Crippen LogP contribution in [0.3, 0.4) is 0 Å². The van der Waals surface area contributed by atoms with Crippen molar-refractivity contribution in [3.8, 4) is 0 Å². The predicted molar refractivity (Wildman–Crippen MR) is 65.2 cm³/mol. The van der Waals surface area contributed by atoms with Gasteiger partial charge in [0.15, 0.2) is 0 Å². The molecule has 2 rings (SSSR count). The van der Waals surface area contributed by atoms with Crippen LogP contribution >= 0.6 is 22.6 Å². The summed E-state index contributed by atoms with van der Waals surface area (Å²) < 4.78 is 1.09. The van der Waals surface area contributed by atoms with Gasteiger partial charge in [-0.15, -0.1) is 0 Å². The highest BCUT2D eigenvalue weighted by Gasteiger charge is 2.23. The zero-order chi connectivity index (χ0) is 9.97. The van der Waals surface area contributed by atoms with Crippen molar-refractivity contribution in [2.45, 2.75) is 32.2 Å². The van der Waals surface area contributed by atoms with Gasteiger partial charge >= 0.3 is 0 Å². The Bertz CT molecular complexity index is 312. The number of nitrogens with one attached hydrogen (secondary N) is 1. The molecule has 0 bridgehead atoms. The van der Waals surface area contributed by atoms with Gasteiger partial charge in [-0.3, -0.25) is 0 Å². The van der Waals surface area contributed by atoms with E-state index in [0.29, 0.717) is 6.04 Å². The van der Waals surface area contributed by atoms with Crippen LogP contribution in [0.25, 0.3) is 0 Å². The molecule has 1 N–H and O–H groups in total. The van der Waals surface area contributed by atoms with Crippen LogP contribution in [0.2, 0.25) is 0 Å². The summed E-state index contributed by atoms with van der Waals surface area (Å²) in [5, 5.41) is 3.42. The molecule has 1 aliphatic rings. The second-order valence-corrected chi connectivity index (χ2v) is 5.11. The first-order valence-corrected chi connectivity index (χ1v) is 6.05. The summed E-state index contributed by atoms with van der Waals surface area (Å²) >= 11 is 2.26. The van der Waals surface area contributed by atoms with Crippen molar-refractivity contribution >= 4 is 28.4 Å². The zero-order valence-electron chi connectivity index (χ0n) is 8.20. The Kier molecular flexibility index (Phi) is 3.20. The fourth-order valence-electron chi connectivity index (χ4n) is 1.56. The summed E-state index contributed by atoms with van der Waals surface area (Å²) in [5.74, 6) is 1.92. The Hall–Kier alpha value is -0.390. The van der Waals surface area contributed by atoms with E-state index < -0.39 is 0 Å². The Morgan fingerprint density at radius 1 is 1.64 bits per heavy atom. The summed E-state index contributed by atoms with van der Waals surface area (Å²) in [7, 11) is 0. The van der Waals surface area contributed by atoms with Crippen LogP contribution in [-0.4, -0.2) is 16.0 Å². The van der Waals surface area contributed by atoms with Crippen LogP contribution in [-0.2, 0) is 0 Å². The smallest absolute Gasteiger partial charge is 0.143 e. The van der Waals surface area contributed by atoms with Crippen LogP contribution in [0.15, 0.2) is 12.5 Å². The fourth-order valence-corrected chi connectivity index (χ4v) is 2.02. The van der Waals surface area contributed by atoms with Crippen LogP contribution in [0, 0.1) is 9.49 Å². The van der Waals surface area contributed by atoms with E-state index in [-0.39, 0.29) is 0 Å². The van der Waals surface area contributed by atoms with Gasteiger partial charge in [0.1, 0.15) is 12.1 Å². The number of nitrogens with zero attached hydrogens (tertiary/aromatic N) is 2. The molecular formula is C10H14IN3. The molecule has 1 heterocycles. The molecule has 1 saturated carbocycles. The first-order chi connectivity index (χ1) is 6.75. The number of anilines is 1. The molecule has 14 heavy (non-hydrogen) atoms. The molecule has 0 amide bonds. The van der Waals surface area contributed by atoms with E-state index in [2.05, 4.69) is 44.8 Å². The van der Waals surface area contributed by atoms with Crippen molar-refractivity contribution in [3.63, 3.8) is 0 Å². The summed E-state index contributed by atoms with van der Waals surface area (Å²) in [6.07, 6.45) is 7.51. The minimum atomic E-state index is 0.519.